The minimum Gasteiger partial charge on any atom is -0.424 e. The first-order chi connectivity index (χ1) is 16.5. The molecule has 2 unspecified atom stereocenters. The van der Waals surface area contributed by atoms with Crippen LogP contribution in [0.2, 0.25) is 0 Å². The molecule has 0 N–H and O–H groups in total. The number of fused-ring (bicyclic) bond motifs is 1. The molecule has 2 atom stereocenters. The summed E-state index contributed by atoms with van der Waals surface area (Å²) in [5, 5.41) is 1.23. The Morgan fingerprint density at radius 1 is 0.686 bits per heavy atom. The van der Waals surface area contributed by atoms with Gasteiger partial charge in [0.05, 0.1) is 0 Å². The van der Waals surface area contributed by atoms with Crippen molar-refractivity contribution in [1.29, 1.82) is 0 Å². The highest BCUT2D eigenvalue weighted by molar-refractivity contribution is 6.09. The Kier molecular flexibility index (Phi) is 6.43. The van der Waals surface area contributed by atoms with Crippen LogP contribution in [0.1, 0.15) is 15.9 Å². The molecule has 35 heavy (non-hydrogen) atoms. The van der Waals surface area contributed by atoms with Crippen molar-refractivity contribution < 1.29 is 40.6 Å². The van der Waals surface area contributed by atoms with Crippen LogP contribution >= 0.6 is 0 Å². The molecule has 0 aliphatic carbocycles. The second-order valence-corrected chi connectivity index (χ2v) is 7.56. The van der Waals surface area contributed by atoms with Gasteiger partial charge in [0.1, 0.15) is 17.3 Å². The van der Waals surface area contributed by atoms with E-state index < -0.39 is 35.7 Å². The van der Waals surface area contributed by atoms with E-state index in [9.17, 15) is 26.7 Å². The number of rotatable bonds is 7. The van der Waals surface area contributed by atoms with Gasteiger partial charge in [0.2, 0.25) is 0 Å². The first-order valence-corrected chi connectivity index (χ1v) is 10.2. The predicted octanol–water partition coefficient (Wildman–Crippen LogP) is 7.19. The number of hydrogen-bond donors (Lipinski definition) is 0. The maximum absolute atomic E-state index is 15.4. The van der Waals surface area contributed by atoms with Crippen molar-refractivity contribution in [3.8, 4) is 11.5 Å². The molecule has 0 spiro atoms. The predicted molar refractivity (Wildman–Crippen MR) is 116 cm³/mol. The molecule has 0 bridgehead atoms. The van der Waals surface area contributed by atoms with Crippen molar-refractivity contribution in [3.63, 3.8) is 0 Å². The SMILES string of the molecule is O=C(c1ccc(F)cc1)c1ccc(OC(F)(Oc2ccc3ccccc3c2)C(F)C(F)(F)F)cc1. The van der Waals surface area contributed by atoms with Crippen LogP contribution in [0.15, 0.2) is 91.0 Å². The zero-order chi connectivity index (χ0) is 25.2. The number of hydrogen-bond acceptors (Lipinski definition) is 3. The van der Waals surface area contributed by atoms with Crippen molar-refractivity contribution in [3.05, 3.63) is 108 Å². The third kappa shape index (κ3) is 5.40. The number of benzene rings is 4. The van der Waals surface area contributed by atoms with Gasteiger partial charge in [0.25, 0.3) is 0 Å². The third-order valence-electron chi connectivity index (χ3n) is 5.05. The first kappa shape index (κ1) is 24.1. The molecule has 0 aliphatic rings. The number of halogens is 6. The molecule has 0 saturated heterocycles. The van der Waals surface area contributed by atoms with Crippen LogP contribution in [-0.4, -0.2) is 24.2 Å². The Hall–Kier alpha value is -4.01. The van der Waals surface area contributed by atoms with E-state index in [0.717, 1.165) is 36.4 Å². The summed E-state index contributed by atoms with van der Waals surface area (Å²) in [6.45, 7) is 0. The minimum absolute atomic E-state index is 0.0662. The number of carbonyl (C=O) groups is 1. The molecule has 9 heteroatoms. The van der Waals surface area contributed by atoms with Gasteiger partial charge in [-0.05, 0) is 71.4 Å². The summed E-state index contributed by atoms with van der Waals surface area (Å²) in [7, 11) is 0. The van der Waals surface area contributed by atoms with E-state index in [1.807, 2.05) is 0 Å². The maximum Gasteiger partial charge on any atom is 0.449 e. The van der Waals surface area contributed by atoms with Crippen molar-refractivity contribution in [1.82, 2.24) is 0 Å². The Labute approximate surface area is 195 Å². The molecule has 0 saturated carbocycles. The second kappa shape index (κ2) is 9.32. The van der Waals surface area contributed by atoms with Gasteiger partial charge in [-0.3, -0.25) is 4.79 Å². The molecular formula is C26H16F6O3. The van der Waals surface area contributed by atoms with Gasteiger partial charge < -0.3 is 9.47 Å². The number of ether oxygens (including phenoxy) is 2. The summed E-state index contributed by atoms with van der Waals surface area (Å²) < 4.78 is 91.6. The lowest BCUT2D eigenvalue weighted by Crippen LogP contribution is -2.53. The van der Waals surface area contributed by atoms with E-state index in [2.05, 4.69) is 0 Å². The van der Waals surface area contributed by atoms with E-state index in [1.165, 1.54) is 30.3 Å². The van der Waals surface area contributed by atoms with Crippen molar-refractivity contribution in [2.45, 2.75) is 18.4 Å². The van der Waals surface area contributed by atoms with Crippen LogP contribution in [0.25, 0.3) is 10.8 Å². The van der Waals surface area contributed by atoms with E-state index in [0.29, 0.717) is 10.8 Å². The summed E-state index contributed by atoms with van der Waals surface area (Å²) in [4.78, 5) is 12.5. The highest BCUT2D eigenvalue weighted by Gasteiger charge is 2.61. The van der Waals surface area contributed by atoms with Crippen LogP contribution in [-0.2, 0) is 0 Å². The molecule has 180 valence electrons. The normalized spacial score (nSPS) is 14.2. The van der Waals surface area contributed by atoms with Gasteiger partial charge in [0, 0.05) is 11.1 Å². The van der Waals surface area contributed by atoms with E-state index in [1.54, 1.807) is 24.3 Å². The third-order valence-corrected chi connectivity index (χ3v) is 5.05. The van der Waals surface area contributed by atoms with E-state index in [-0.39, 0.29) is 16.9 Å². The van der Waals surface area contributed by atoms with E-state index in [4.69, 9.17) is 9.47 Å². The molecule has 0 aromatic heterocycles. The molecule has 4 aromatic rings. The fraction of sp³-hybridized carbons (Fsp3) is 0.115. The van der Waals surface area contributed by atoms with Gasteiger partial charge in [-0.1, -0.05) is 30.3 Å². The minimum atomic E-state index is -5.63. The fourth-order valence-electron chi connectivity index (χ4n) is 3.31. The summed E-state index contributed by atoms with van der Waals surface area (Å²) in [5.74, 6) is -1.97. The average molecular weight is 490 g/mol. The lowest BCUT2D eigenvalue weighted by Gasteiger charge is -2.30. The van der Waals surface area contributed by atoms with Gasteiger partial charge in [-0.2, -0.15) is 17.6 Å². The van der Waals surface area contributed by atoms with Crippen molar-refractivity contribution >= 4 is 16.6 Å². The van der Waals surface area contributed by atoms with Crippen LogP contribution in [0.4, 0.5) is 26.3 Å². The molecule has 3 nitrogen and oxygen atoms in total. The Bertz CT molecular complexity index is 1340. The quantitative estimate of drug-likeness (QED) is 0.156. The van der Waals surface area contributed by atoms with Gasteiger partial charge in [0.15, 0.2) is 5.78 Å². The summed E-state index contributed by atoms with van der Waals surface area (Å²) in [6.07, 6.45) is -9.79. The lowest BCUT2D eigenvalue weighted by molar-refractivity contribution is -0.325. The molecule has 0 heterocycles. The highest BCUT2D eigenvalue weighted by Crippen LogP contribution is 2.38. The Morgan fingerprint density at radius 2 is 1.20 bits per heavy atom. The van der Waals surface area contributed by atoms with Crippen LogP contribution < -0.4 is 9.47 Å². The summed E-state index contributed by atoms with van der Waals surface area (Å²) in [5.41, 5.74) is 0.219. The summed E-state index contributed by atoms with van der Waals surface area (Å²) >= 11 is 0. The highest BCUT2D eigenvalue weighted by atomic mass is 19.4. The Balaban J connectivity index is 1.60. The van der Waals surface area contributed by atoms with Crippen LogP contribution in [0, 0.1) is 5.82 Å². The largest absolute Gasteiger partial charge is 0.449 e. The van der Waals surface area contributed by atoms with E-state index >= 15 is 4.39 Å². The standard InChI is InChI=1S/C26H16F6O3/c27-20-10-5-17(6-11-20)23(33)18-8-12-21(13-9-18)34-26(32,24(28)25(29,30)31)35-22-14-7-16-3-1-2-4-19(16)15-22/h1-15,24H. The zero-order valence-corrected chi connectivity index (χ0v) is 17.7. The van der Waals surface area contributed by atoms with Gasteiger partial charge in [-0.25, -0.2) is 8.78 Å². The molecule has 0 radical (unpaired) electrons. The Morgan fingerprint density at radius 3 is 1.80 bits per heavy atom. The van der Waals surface area contributed by atoms with Gasteiger partial charge in [-0.15, -0.1) is 0 Å². The molecule has 0 fully saturated rings. The first-order valence-electron chi connectivity index (χ1n) is 10.2. The molecule has 4 rings (SSSR count). The number of carbonyl (C=O) groups excluding carboxylic acids is 1. The monoisotopic (exact) mass is 490 g/mol. The average Bonchev–Trinajstić information content (AvgIpc) is 2.83. The summed E-state index contributed by atoms with van der Waals surface area (Å²) in [6, 6.07) is 15.4. The van der Waals surface area contributed by atoms with Crippen LogP contribution in [0.5, 0.6) is 11.5 Å². The zero-order valence-electron chi connectivity index (χ0n) is 17.7. The topological polar surface area (TPSA) is 35.5 Å². The number of alkyl halides is 5. The van der Waals surface area contributed by atoms with Crippen molar-refractivity contribution in [2.24, 2.45) is 0 Å². The smallest absolute Gasteiger partial charge is 0.424 e. The molecule has 0 amide bonds. The van der Waals surface area contributed by atoms with Crippen molar-refractivity contribution in [2.75, 3.05) is 0 Å². The molecule has 4 aromatic carbocycles. The fourth-order valence-corrected chi connectivity index (χ4v) is 3.31. The maximum atomic E-state index is 15.4. The lowest BCUT2D eigenvalue weighted by atomic mass is 10.0. The second-order valence-electron chi connectivity index (χ2n) is 7.56. The number of ketones is 1. The molecular weight excluding hydrogens is 474 g/mol. The van der Waals surface area contributed by atoms with Gasteiger partial charge >= 0.3 is 18.4 Å². The van der Waals surface area contributed by atoms with Crippen LogP contribution in [0.3, 0.4) is 0 Å². The molecule has 0 aliphatic heterocycles.